The van der Waals surface area contributed by atoms with Crippen molar-refractivity contribution >= 4 is 16.8 Å². The van der Waals surface area contributed by atoms with Crippen LogP contribution in [0.1, 0.15) is 23.7 Å². The SMILES string of the molecule is CCn1cc(C(=O)NCCCO)c(=O)c2cc(OC)ccc21. The Bertz CT molecular complexity index is 737. The highest BCUT2D eigenvalue weighted by atomic mass is 16.5. The maximum absolute atomic E-state index is 12.6. The fourth-order valence-electron chi connectivity index (χ4n) is 2.30. The number of nitrogens with one attached hydrogen (secondary N) is 1. The largest absolute Gasteiger partial charge is 0.497 e. The van der Waals surface area contributed by atoms with Crippen molar-refractivity contribution in [2.75, 3.05) is 20.3 Å². The number of benzene rings is 1. The minimum atomic E-state index is -0.426. The summed E-state index contributed by atoms with van der Waals surface area (Å²) < 4.78 is 7.01. The number of ether oxygens (including phenoxy) is 1. The molecule has 1 heterocycles. The van der Waals surface area contributed by atoms with Crippen LogP contribution in [0.5, 0.6) is 5.75 Å². The average molecular weight is 304 g/mol. The van der Waals surface area contributed by atoms with Gasteiger partial charge in [0.25, 0.3) is 5.91 Å². The second kappa shape index (κ2) is 7.09. The molecule has 0 saturated carbocycles. The lowest BCUT2D eigenvalue weighted by atomic mass is 10.1. The van der Waals surface area contributed by atoms with Crippen molar-refractivity contribution in [2.45, 2.75) is 19.9 Å². The Balaban J connectivity index is 2.53. The number of carbonyl (C=O) groups is 1. The third-order valence-electron chi connectivity index (χ3n) is 3.49. The van der Waals surface area contributed by atoms with E-state index in [1.54, 1.807) is 18.3 Å². The van der Waals surface area contributed by atoms with E-state index in [1.807, 2.05) is 17.6 Å². The van der Waals surface area contributed by atoms with E-state index in [0.29, 0.717) is 30.6 Å². The summed E-state index contributed by atoms with van der Waals surface area (Å²) in [5.41, 5.74) is 0.542. The van der Waals surface area contributed by atoms with Crippen LogP contribution in [0, 0.1) is 0 Å². The quantitative estimate of drug-likeness (QED) is 0.784. The van der Waals surface area contributed by atoms with Crippen LogP contribution in [0.4, 0.5) is 0 Å². The predicted molar refractivity (Wildman–Crippen MR) is 84.5 cm³/mol. The maximum atomic E-state index is 12.6. The van der Waals surface area contributed by atoms with E-state index < -0.39 is 5.91 Å². The minimum absolute atomic E-state index is 0.00556. The molecule has 0 bridgehead atoms. The summed E-state index contributed by atoms with van der Waals surface area (Å²) in [5.74, 6) is 0.149. The number of hydrogen-bond acceptors (Lipinski definition) is 4. The van der Waals surface area contributed by atoms with Crippen LogP contribution in [0.3, 0.4) is 0 Å². The molecule has 6 nitrogen and oxygen atoms in total. The lowest BCUT2D eigenvalue weighted by Crippen LogP contribution is -2.30. The number of methoxy groups -OCH3 is 1. The fraction of sp³-hybridized carbons (Fsp3) is 0.375. The molecule has 2 aromatic rings. The maximum Gasteiger partial charge on any atom is 0.256 e. The van der Waals surface area contributed by atoms with E-state index in [-0.39, 0.29) is 17.6 Å². The van der Waals surface area contributed by atoms with Crippen LogP contribution < -0.4 is 15.5 Å². The first-order valence-electron chi connectivity index (χ1n) is 7.22. The molecule has 2 rings (SSSR count). The minimum Gasteiger partial charge on any atom is -0.497 e. The molecule has 0 saturated heterocycles. The summed E-state index contributed by atoms with van der Waals surface area (Å²) in [4.78, 5) is 24.7. The Morgan fingerprint density at radius 1 is 1.41 bits per heavy atom. The third kappa shape index (κ3) is 3.12. The number of amides is 1. The predicted octanol–water partition coefficient (Wildman–Crippen LogP) is 1.14. The molecule has 0 aliphatic rings. The Hall–Kier alpha value is -2.34. The molecular formula is C16H20N2O4. The van der Waals surface area contributed by atoms with Crippen LogP contribution in [-0.2, 0) is 6.54 Å². The van der Waals surface area contributed by atoms with Crippen molar-refractivity contribution in [3.05, 3.63) is 40.2 Å². The number of aliphatic hydroxyl groups excluding tert-OH is 1. The Morgan fingerprint density at radius 3 is 2.82 bits per heavy atom. The third-order valence-corrected chi connectivity index (χ3v) is 3.49. The van der Waals surface area contributed by atoms with Crippen molar-refractivity contribution < 1.29 is 14.6 Å². The van der Waals surface area contributed by atoms with E-state index in [9.17, 15) is 9.59 Å². The summed E-state index contributed by atoms with van der Waals surface area (Å²) >= 11 is 0. The molecule has 1 aromatic carbocycles. The zero-order valence-electron chi connectivity index (χ0n) is 12.8. The lowest BCUT2D eigenvalue weighted by molar-refractivity contribution is 0.0949. The van der Waals surface area contributed by atoms with Gasteiger partial charge in [0.2, 0.25) is 5.43 Å². The molecule has 0 fully saturated rings. The number of rotatable bonds is 6. The summed E-state index contributed by atoms with van der Waals surface area (Å²) in [7, 11) is 1.53. The van der Waals surface area contributed by atoms with Gasteiger partial charge in [-0.3, -0.25) is 9.59 Å². The molecule has 1 aromatic heterocycles. The highest BCUT2D eigenvalue weighted by Crippen LogP contribution is 2.19. The van der Waals surface area contributed by atoms with Gasteiger partial charge in [-0.2, -0.15) is 0 Å². The van der Waals surface area contributed by atoms with Crippen LogP contribution >= 0.6 is 0 Å². The van der Waals surface area contributed by atoms with Crippen LogP contribution in [-0.4, -0.2) is 35.8 Å². The van der Waals surface area contributed by atoms with E-state index in [1.165, 1.54) is 7.11 Å². The van der Waals surface area contributed by atoms with Crippen molar-refractivity contribution in [1.29, 1.82) is 0 Å². The van der Waals surface area contributed by atoms with Gasteiger partial charge in [-0.1, -0.05) is 0 Å². The number of aromatic nitrogens is 1. The second-order valence-electron chi connectivity index (χ2n) is 4.87. The summed E-state index contributed by atoms with van der Waals surface area (Å²) in [6.45, 7) is 2.91. The van der Waals surface area contributed by atoms with Gasteiger partial charge in [0.1, 0.15) is 11.3 Å². The summed E-state index contributed by atoms with van der Waals surface area (Å²) in [5, 5.41) is 11.9. The standard InChI is InChI=1S/C16H20N2O4/c1-3-18-10-13(16(21)17-7-4-8-19)15(20)12-9-11(22-2)5-6-14(12)18/h5-6,9-10,19H,3-4,7-8H2,1-2H3,(H,17,21). The van der Waals surface area contributed by atoms with E-state index in [2.05, 4.69) is 5.32 Å². The molecule has 0 atom stereocenters. The lowest BCUT2D eigenvalue weighted by Gasteiger charge is -2.12. The molecular weight excluding hydrogens is 284 g/mol. The smallest absolute Gasteiger partial charge is 0.256 e. The summed E-state index contributed by atoms with van der Waals surface area (Å²) in [6, 6.07) is 5.25. The van der Waals surface area contributed by atoms with Crippen LogP contribution in [0.15, 0.2) is 29.2 Å². The van der Waals surface area contributed by atoms with Gasteiger partial charge in [-0.05, 0) is 31.5 Å². The monoisotopic (exact) mass is 304 g/mol. The Kier molecular flexibility index (Phi) is 5.16. The molecule has 0 spiro atoms. The van der Waals surface area contributed by atoms with Gasteiger partial charge in [0.05, 0.1) is 18.0 Å². The summed E-state index contributed by atoms with van der Waals surface area (Å²) in [6.07, 6.45) is 2.03. The molecule has 0 aliphatic carbocycles. The van der Waals surface area contributed by atoms with Gasteiger partial charge in [0, 0.05) is 25.9 Å². The molecule has 0 aliphatic heterocycles. The normalized spacial score (nSPS) is 10.7. The van der Waals surface area contributed by atoms with E-state index in [0.717, 1.165) is 5.52 Å². The first kappa shape index (κ1) is 16.0. The van der Waals surface area contributed by atoms with Gasteiger partial charge in [-0.25, -0.2) is 0 Å². The molecule has 1 amide bonds. The molecule has 2 N–H and O–H groups in total. The number of fused-ring (bicyclic) bond motifs is 1. The molecule has 22 heavy (non-hydrogen) atoms. The highest BCUT2D eigenvalue weighted by Gasteiger charge is 2.15. The number of nitrogens with zero attached hydrogens (tertiary/aromatic N) is 1. The zero-order valence-corrected chi connectivity index (χ0v) is 12.8. The topological polar surface area (TPSA) is 80.6 Å². The second-order valence-corrected chi connectivity index (χ2v) is 4.87. The zero-order chi connectivity index (χ0) is 16.1. The fourth-order valence-corrected chi connectivity index (χ4v) is 2.30. The number of aliphatic hydroxyl groups is 1. The highest BCUT2D eigenvalue weighted by molar-refractivity contribution is 5.97. The first-order chi connectivity index (χ1) is 10.6. The van der Waals surface area contributed by atoms with Gasteiger partial charge >= 0.3 is 0 Å². The molecule has 6 heteroatoms. The van der Waals surface area contributed by atoms with Crippen molar-refractivity contribution in [1.82, 2.24) is 9.88 Å². The van der Waals surface area contributed by atoms with Gasteiger partial charge < -0.3 is 19.7 Å². The molecule has 0 unspecified atom stereocenters. The number of carbonyl (C=O) groups excluding carboxylic acids is 1. The van der Waals surface area contributed by atoms with Gasteiger partial charge in [-0.15, -0.1) is 0 Å². The van der Waals surface area contributed by atoms with Crippen molar-refractivity contribution in [3.8, 4) is 5.75 Å². The number of hydrogen-bond donors (Lipinski definition) is 2. The van der Waals surface area contributed by atoms with Crippen LogP contribution in [0.2, 0.25) is 0 Å². The van der Waals surface area contributed by atoms with E-state index >= 15 is 0 Å². The van der Waals surface area contributed by atoms with Gasteiger partial charge in [0.15, 0.2) is 0 Å². The van der Waals surface area contributed by atoms with Crippen LogP contribution in [0.25, 0.3) is 10.9 Å². The first-order valence-corrected chi connectivity index (χ1v) is 7.22. The Morgan fingerprint density at radius 2 is 2.18 bits per heavy atom. The Labute approximate surface area is 128 Å². The number of aryl methyl sites for hydroxylation is 1. The average Bonchev–Trinajstić information content (AvgIpc) is 2.55. The van der Waals surface area contributed by atoms with E-state index in [4.69, 9.17) is 9.84 Å². The molecule has 118 valence electrons. The molecule has 0 radical (unpaired) electrons. The number of pyridine rings is 1. The van der Waals surface area contributed by atoms with Crippen molar-refractivity contribution in [2.24, 2.45) is 0 Å². The van der Waals surface area contributed by atoms with Crippen molar-refractivity contribution in [3.63, 3.8) is 0 Å².